The van der Waals surface area contributed by atoms with Gasteiger partial charge in [-0.05, 0) is 18.6 Å². The molecule has 1 aromatic heterocycles. The molecule has 0 spiro atoms. The summed E-state index contributed by atoms with van der Waals surface area (Å²) in [6.07, 6.45) is 0.597. The van der Waals surface area contributed by atoms with E-state index in [0.29, 0.717) is 23.5 Å². The van der Waals surface area contributed by atoms with Crippen LogP contribution in [0.15, 0.2) is 18.2 Å². The second-order valence-electron chi connectivity index (χ2n) is 3.80. The Morgan fingerprint density at radius 1 is 1.53 bits per heavy atom. The van der Waals surface area contributed by atoms with Crippen LogP contribution in [0, 0.1) is 10.1 Å². The zero-order valence-corrected chi connectivity index (χ0v) is 10.8. The molecule has 0 aliphatic carbocycles. The summed E-state index contributed by atoms with van der Waals surface area (Å²) in [5, 5.41) is 27.8. The lowest BCUT2D eigenvalue weighted by molar-refractivity contribution is -0.384. The molecule has 2 aromatic rings. The van der Waals surface area contributed by atoms with Crippen LogP contribution in [0.2, 0.25) is 5.02 Å². The van der Waals surface area contributed by atoms with Crippen LogP contribution < -0.4 is 0 Å². The van der Waals surface area contributed by atoms with Crippen LogP contribution in [0.3, 0.4) is 0 Å². The number of hydrogen-bond acceptors (Lipinski definition) is 5. The lowest BCUT2D eigenvalue weighted by Crippen LogP contribution is -2.03. The fraction of sp³-hybridized carbons (Fsp3) is 0.273. The molecule has 0 aliphatic rings. The molecule has 0 radical (unpaired) electrons. The first-order valence-corrected chi connectivity index (χ1v) is 5.94. The van der Waals surface area contributed by atoms with Crippen molar-refractivity contribution < 1.29 is 10.0 Å². The minimum absolute atomic E-state index is 0.0642. The van der Waals surface area contributed by atoms with Crippen LogP contribution >= 0.6 is 11.6 Å². The molecule has 0 amide bonds. The van der Waals surface area contributed by atoms with Gasteiger partial charge in [0, 0.05) is 6.07 Å². The van der Waals surface area contributed by atoms with Gasteiger partial charge in [-0.1, -0.05) is 23.7 Å². The van der Waals surface area contributed by atoms with Crippen LogP contribution in [-0.4, -0.2) is 25.0 Å². The van der Waals surface area contributed by atoms with E-state index in [0.717, 1.165) is 0 Å². The van der Waals surface area contributed by atoms with Gasteiger partial charge in [0.1, 0.15) is 10.7 Å². The van der Waals surface area contributed by atoms with Crippen molar-refractivity contribution in [3.8, 4) is 5.69 Å². The third-order valence-corrected chi connectivity index (χ3v) is 3.02. The maximum atomic E-state index is 10.9. The van der Waals surface area contributed by atoms with Crippen LogP contribution in [0.4, 0.5) is 5.69 Å². The number of benzene rings is 1. The average Bonchev–Trinajstić information content (AvgIpc) is 2.81. The van der Waals surface area contributed by atoms with Gasteiger partial charge in [0.25, 0.3) is 5.69 Å². The summed E-state index contributed by atoms with van der Waals surface area (Å²) in [7, 11) is 0. The Labute approximate surface area is 113 Å². The van der Waals surface area contributed by atoms with E-state index in [1.807, 2.05) is 6.92 Å². The standard InChI is InChI=1S/C11H11ClN4O3/c1-2-10-9(6-17)13-14-15(10)7-3-4-8(12)11(5-7)16(18)19/h3-5,17H,2,6H2,1H3. The predicted molar refractivity (Wildman–Crippen MR) is 68.3 cm³/mol. The van der Waals surface area contributed by atoms with Crippen molar-refractivity contribution in [1.29, 1.82) is 0 Å². The molecule has 2 rings (SSSR count). The van der Waals surface area contributed by atoms with Gasteiger partial charge in [-0.2, -0.15) is 0 Å². The van der Waals surface area contributed by atoms with Crippen LogP contribution in [0.25, 0.3) is 5.69 Å². The van der Waals surface area contributed by atoms with E-state index in [9.17, 15) is 10.1 Å². The minimum atomic E-state index is -0.554. The highest BCUT2D eigenvalue weighted by Crippen LogP contribution is 2.27. The number of nitro benzene ring substituents is 1. The van der Waals surface area contributed by atoms with Gasteiger partial charge in [0.2, 0.25) is 0 Å². The molecule has 1 aromatic carbocycles. The topological polar surface area (TPSA) is 94.1 Å². The molecular formula is C11H11ClN4O3. The molecule has 1 heterocycles. The quantitative estimate of drug-likeness (QED) is 0.682. The number of hydrogen-bond donors (Lipinski definition) is 1. The highest BCUT2D eigenvalue weighted by Gasteiger charge is 2.17. The number of nitrogens with zero attached hydrogens (tertiary/aromatic N) is 4. The Hall–Kier alpha value is -1.99. The van der Waals surface area contributed by atoms with E-state index in [1.165, 1.54) is 16.8 Å². The average molecular weight is 283 g/mol. The van der Waals surface area contributed by atoms with Gasteiger partial charge >= 0.3 is 0 Å². The summed E-state index contributed by atoms with van der Waals surface area (Å²) in [6, 6.07) is 4.39. The number of halogens is 1. The highest BCUT2D eigenvalue weighted by atomic mass is 35.5. The minimum Gasteiger partial charge on any atom is -0.390 e. The van der Waals surface area contributed by atoms with E-state index in [2.05, 4.69) is 10.3 Å². The Kier molecular flexibility index (Phi) is 3.77. The third-order valence-electron chi connectivity index (χ3n) is 2.70. The molecule has 0 bridgehead atoms. The molecule has 0 fully saturated rings. The van der Waals surface area contributed by atoms with Gasteiger partial charge in [-0.25, -0.2) is 4.68 Å². The molecule has 0 atom stereocenters. The maximum absolute atomic E-state index is 10.9. The maximum Gasteiger partial charge on any atom is 0.290 e. The first-order valence-electron chi connectivity index (χ1n) is 5.57. The van der Waals surface area contributed by atoms with Crippen LogP contribution in [-0.2, 0) is 13.0 Å². The van der Waals surface area contributed by atoms with Crippen LogP contribution in [0.1, 0.15) is 18.3 Å². The number of aromatic nitrogens is 3. The fourth-order valence-electron chi connectivity index (χ4n) is 1.79. The Morgan fingerprint density at radius 2 is 2.26 bits per heavy atom. The van der Waals surface area contributed by atoms with Crippen molar-refractivity contribution in [2.75, 3.05) is 0 Å². The smallest absolute Gasteiger partial charge is 0.290 e. The first kappa shape index (κ1) is 13.4. The Morgan fingerprint density at radius 3 is 2.84 bits per heavy atom. The monoisotopic (exact) mass is 282 g/mol. The summed E-state index contributed by atoms with van der Waals surface area (Å²) in [6.45, 7) is 1.66. The number of nitro groups is 1. The van der Waals surface area contributed by atoms with E-state index >= 15 is 0 Å². The predicted octanol–water partition coefficient (Wildman–Crippen LogP) is 1.88. The van der Waals surface area contributed by atoms with E-state index in [1.54, 1.807) is 6.07 Å². The van der Waals surface area contributed by atoms with E-state index in [-0.39, 0.29) is 17.3 Å². The largest absolute Gasteiger partial charge is 0.390 e. The van der Waals surface area contributed by atoms with Gasteiger partial charge < -0.3 is 5.11 Å². The van der Waals surface area contributed by atoms with E-state index in [4.69, 9.17) is 16.7 Å². The van der Waals surface area contributed by atoms with Gasteiger partial charge in [0.15, 0.2) is 0 Å². The molecule has 100 valence electrons. The molecule has 8 heteroatoms. The zero-order valence-electron chi connectivity index (χ0n) is 10.1. The molecule has 0 unspecified atom stereocenters. The van der Waals surface area contributed by atoms with Gasteiger partial charge in [0.05, 0.1) is 22.9 Å². The molecular weight excluding hydrogens is 272 g/mol. The van der Waals surface area contributed by atoms with Crippen LogP contribution in [0.5, 0.6) is 0 Å². The SMILES string of the molecule is CCc1c(CO)nnn1-c1ccc(Cl)c([N+](=O)[O-])c1. The second-order valence-corrected chi connectivity index (χ2v) is 4.21. The van der Waals surface area contributed by atoms with Crippen molar-refractivity contribution in [3.63, 3.8) is 0 Å². The molecule has 19 heavy (non-hydrogen) atoms. The van der Waals surface area contributed by atoms with Crippen molar-refractivity contribution in [2.24, 2.45) is 0 Å². The first-order chi connectivity index (χ1) is 9.08. The van der Waals surface area contributed by atoms with Crippen molar-refractivity contribution in [3.05, 3.63) is 44.7 Å². The summed E-state index contributed by atoms with van der Waals surface area (Å²) in [4.78, 5) is 10.3. The summed E-state index contributed by atoms with van der Waals surface area (Å²) < 4.78 is 1.47. The fourth-order valence-corrected chi connectivity index (χ4v) is 1.98. The highest BCUT2D eigenvalue weighted by molar-refractivity contribution is 6.32. The summed E-state index contributed by atoms with van der Waals surface area (Å²) >= 11 is 5.76. The molecule has 1 N–H and O–H groups in total. The van der Waals surface area contributed by atoms with Crippen molar-refractivity contribution >= 4 is 17.3 Å². The normalized spacial score (nSPS) is 10.7. The van der Waals surface area contributed by atoms with E-state index < -0.39 is 4.92 Å². The number of aliphatic hydroxyl groups excluding tert-OH is 1. The number of aliphatic hydroxyl groups is 1. The molecule has 0 aliphatic heterocycles. The summed E-state index contributed by atoms with van der Waals surface area (Å²) in [5.74, 6) is 0. The van der Waals surface area contributed by atoms with Gasteiger partial charge in [-0.15, -0.1) is 5.10 Å². The van der Waals surface area contributed by atoms with Crippen molar-refractivity contribution in [1.82, 2.24) is 15.0 Å². The Balaban J connectivity index is 2.56. The van der Waals surface area contributed by atoms with Gasteiger partial charge in [-0.3, -0.25) is 10.1 Å². The zero-order chi connectivity index (χ0) is 14.0. The molecule has 0 saturated heterocycles. The number of rotatable bonds is 4. The van der Waals surface area contributed by atoms with Crippen molar-refractivity contribution in [2.45, 2.75) is 20.0 Å². The summed E-state index contributed by atoms with van der Waals surface area (Å²) in [5.41, 5.74) is 1.46. The Bertz CT molecular complexity index is 626. The lowest BCUT2D eigenvalue weighted by Gasteiger charge is -2.06. The molecule has 0 saturated carbocycles. The second kappa shape index (κ2) is 5.33. The lowest BCUT2D eigenvalue weighted by atomic mass is 10.2. The molecule has 7 nitrogen and oxygen atoms in total. The third kappa shape index (κ3) is 2.42.